The summed E-state index contributed by atoms with van der Waals surface area (Å²) in [5.74, 6) is -0.903. The molecule has 0 saturated carbocycles. The van der Waals surface area contributed by atoms with E-state index in [1.807, 2.05) is 32.0 Å². The molecule has 0 bridgehead atoms. The average Bonchev–Trinajstić information content (AvgIpc) is 2.63. The van der Waals surface area contributed by atoms with Crippen molar-refractivity contribution >= 4 is 28.5 Å². The number of carbonyl (C=O) groups is 2. The Morgan fingerprint density at radius 2 is 1.70 bits per heavy atom. The number of hydrogen-bond donors (Lipinski definition) is 1. The van der Waals surface area contributed by atoms with Crippen LogP contribution in [0.15, 0.2) is 57.7 Å². The Labute approximate surface area is 156 Å². The van der Waals surface area contributed by atoms with Crippen molar-refractivity contribution in [1.29, 1.82) is 0 Å². The number of nitrogens with zero attached hydrogens (tertiary/aromatic N) is 1. The molecule has 3 rings (SSSR count). The van der Waals surface area contributed by atoms with Gasteiger partial charge >= 0.3 is 5.63 Å². The minimum Gasteiger partial charge on any atom is -0.422 e. The average molecular weight is 364 g/mol. The number of hydrogen-bond acceptors (Lipinski definition) is 4. The molecule has 27 heavy (non-hydrogen) atoms. The quantitative estimate of drug-likeness (QED) is 0.722. The summed E-state index contributed by atoms with van der Waals surface area (Å²) < 4.78 is 5.19. The van der Waals surface area contributed by atoms with E-state index in [1.54, 1.807) is 24.3 Å². The molecule has 6 nitrogen and oxygen atoms in total. The van der Waals surface area contributed by atoms with Crippen molar-refractivity contribution < 1.29 is 14.0 Å². The highest BCUT2D eigenvalue weighted by molar-refractivity contribution is 6.00. The van der Waals surface area contributed by atoms with Crippen LogP contribution in [0, 0.1) is 13.8 Å². The van der Waals surface area contributed by atoms with Crippen LogP contribution in [0.4, 0.5) is 5.69 Å². The van der Waals surface area contributed by atoms with Crippen molar-refractivity contribution in [3.63, 3.8) is 0 Å². The number of fused-ring (bicyclic) bond motifs is 1. The first-order valence-electron chi connectivity index (χ1n) is 8.51. The summed E-state index contributed by atoms with van der Waals surface area (Å²) in [4.78, 5) is 38.3. The Morgan fingerprint density at radius 1 is 1.04 bits per heavy atom. The summed E-state index contributed by atoms with van der Waals surface area (Å²) in [6, 6.07) is 14.2. The summed E-state index contributed by atoms with van der Waals surface area (Å²) >= 11 is 0. The molecule has 2 aromatic carbocycles. The summed E-state index contributed by atoms with van der Waals surface area (Å²) in [6.07, 6.45) is 0. The van der Waals surface area contributed by atoms with Gasteiger partial charge in [0.25, 0.3) is 5.91 Å². The lowest BCUT2D eigenvalue weighted by atomic mass is 10.1. The van der Waals surface area contributed by atoms with Crippen LogP contribution in [-0.2, 0) is 4.79 Å². The second kappa shape index (κ2) is 7.45. The summed E-state index contributed by atoms with van der Waals surface area (Å²) in [5, 5.41) is 3.47. The van der Waals surface area contributed by atoms with Crippen molar-refractivity contribution in [2.75, 3.05) is 18.9 Å². The molecule has 3 aromatic rings. The molecular formula is C21H20N2O4. The van der Waals surface area contributed by atoms with Gasteiger partial charge in [-0.1, -0.05) is 36.4 Å². The molecule has 2 amide bonds. The fourth-order valence-corrected chi connectivity index (χ4v) is 2.89. The molecule has 6 heteroatoms. The standard InChI is InChI=1S/C21H20N2O4/c1-13-7-6-8-14(2)19(13)22-18(24)12-23(3)20(25)16-11-15-9-4-5-10-17(15)27-21(16)26/h4-11H,12H2,1-3H3,(H,22,24). The van der Waals surface area contributed by atoms with Crippen LogP contribution in [0.1, 0.15) is 21.5 Å². The Hall–Kier alpha value is -3.41. The number of amides is 2. The fourth-order valence-electron chi connectivity index (χ4n) is 2.89. The largest absolute Gasteiger partial charge is 0.422 e. The predicted molar refractivity (Wildman–Crippen MR) is 104 cm³/mol. The van der Waals surface area contributed by atoms with E-state index >= 15 is 0 Å². The number of anilines is 1. The van der Waals surface area contributed by atoms with E-state index in [0.717, 1.165) is 16.8 Å². The highest BCUT2D eigenvalue weighted by Crippen LogP contribution is 2.19. The lowest BCUT2D eigenvalue weighted by molar-refractivity contribution is -0.116. The third kappa shape index (κ3) is 3.89. The number of aryl methyl sites for hydroxylation is 2. The van der Waals surface area contributed by atoms with Gasteiger partial charge < -0.3 is 14.6 Å². The SMILES string of the molecule is Cc1cccc(C)c1NC(=O)CN(C)C(=O)c1cc2ccccc2oc1=O. The van der Waals surface area contributed by atoms with Gasteiger partial charge in [0.1, 0.15) is 11.1 Å². The topological polar surface area (TPSA) is 79.6 Å². The molecule has 0 fully saturated rings. The van der Waals surface area contributed by atoms with E-state index in [2.05, 4.69) is 5.32 Å². The van der Waals surface area contributed by atoms with Crippen LogP contribution in [-0.4, -0.2) is 30.3 Å². The van der Waals surface area contributed by atoms with Crippen molar-refractivity contribution in [3.8, 4) is 0 Å². The molecule has 1 N–H and O–H groups in total. The van der Waals surface area contributed by atoms with Gasteiger partial charge in [-0.3, -0.25) is 9.59 Å². The highest BCUT2D eigenvalue weighted by atomic mass is 16.4. The molecule has 0 aliphatic rings. The number of carbonyl (C=O) groups excluding carboxylic acids is 2. The monoisotopic (exact) mass is 364 g/mol. The minimum atomic E-state index is -0.722. The van der Waals surface area contributed by atoms with Crippen molar-refractivity contribution in [1.82, 2.24) is 4.90 Å². The van der Waals surface area contributed by atoms with Crippen molar-refractivity contribution in [3.05, 3.63) is 75.6 Å². The first-order valence-corrected chi connectivity index (χ1v) is 8.51. The number of nitrogens with one attached hydrogen (secondary N) is 1. The van der Waals surface area contributed by atoms with Gasteiger partial charge in [-0.05, 0) is 37.1 Å². The molecule has 0 radical (unpaired) electrons. The molecule has 0 unspecified atom stereocenters. The van der Waals surface area contributed by atoms with Gasteiger partial charge in [0.15, 0.2) is 0 Å². The number of likely N-dealkylation sites (N-methyl/N-ethyl adjacent to an activating group) is 1. The highest BCUT2D eigenvalue weighted by Gasteiger charge is 2.20. The van der Waals surface area contributed by atoms with Crippen LogP contribution in [0.25, 0.3) is 11.0 Å². The van der Waals surface area contributed by atoms with Crippen LogP contribution in [0.2, 0.25) is 0 Å². The molecule has 0 aliphatic heterocycles. The Balaban J connectivity index is 1.77. The molecule has 0 saturated heterocycles. The third-order valence-electron chi connectivity index (χ3n) is 4.34. The van der Waals surface area contributed by atoms with E-state index in [4.69, 9.17) is 4.42 Å². The van der Waals surface area contributed by atoms with Crippen molar-refractivity contribution in [2.24, 2.45) is 0 Å². The lowest BCUT2D eigenvalue weighted by Crippen LogP contribution is -2.37. The summed E-state index contributed by atoms with van der Waals surface area (Å²) in [6.45, 7) is 3.62. The minimum absolute atomic E-state index is 0.101. The van der Waals surface area contributed by atoms with Crippen molar-refractivity contribution in [2.45, 2.75) is 13.8 Å². The Morgan fingerprint density at radius 3 is 2.41 bits per heavy atom. The maximum absolute atomic E-state index is 12.6. The molecule has 0 aliphatic carbocycles. The lowest BCUT2D eigenvalue weighted by Gasteiger charge is -2.18. The third-order valence-corrected chi connectivity index (χ3v) is 4.34. The second-order valence-electron chi connectivity index (χ2n) is 6.46. The van der Waals surface area contributed by atoms with Crippen LogP contribution >= 0.6 is 0 Å². The zero-order valence-electron chi connectivity index (χ0n) is 15.4. The van der Waals surface area contributed by atoms with Crippen LogP contribution < -0.4 is 10.9 Å². The zero-order valence-corrected chi connectivity index (χ0v) is 15.4. The normalized spacial score (nSPS) is 10.6. The first-order chi connectivity index (χ1) is 12.9. The molecule has 1 heterocycles. The van der Waals surface area contributed by atoms with E-state index in [-0.39, 0.29) is 18.0 Å². The van der Waals surface area contributed by atoms with Gasteiger partial charge in [-0.15, -0.1) is 0 Å². The molecule has 0 spiro atoms. The Bertz CT molecular complexity index is 1060. The summed E-state index contributed by atoms with van der Waals surface area (Å²) in [7, 11) is 1.47. The smallest absolute Gasteiger partial charge is 0.349 e. The Kier molecular flexibility index (Phi) is 5.07. The second-order valence-corrected chi connectivity index (χ2v) is 6.46. The maximum Gasteiger partial charge on any atom is 0.349 e. The first kappa shape index (κ1) is 18.4. The van der Waals surface area contributed by atoms with Gasteiger partial charge in [0.05, 0.1) is 6.54 Å². The number of rotatable bonds is 4. The van der Waals surface area contributed by atoms with Crippen LogP contribution in [0.3, 0.4) is 0 Å². The molecule has 1 aromatic heterocycles. The van der Waals surface area contributed by atoms with E-state index in [0.29, 0.717) is 11.0 Å². The summed E-state index contributed by atoms with van der Waals surface area (Å²) in [5.41, 5.74) is 2.19. The number of benzene rings is 2. The van der Waals surface area contributed by atoms with E-state index < -0.39 is 11.5 Å². The van der Waals surface area contributed by atoms with Crippen LogP contribution in [0.5, 0.6) is 0 Å². The fraction of sp³-hybridized carbons (Fsp3) is 0.190. The zero-order chi connectivity index (χ0) is 19.6. The van der Waals surface area contributed by atoms with E-state index in [1.165, 1.54) is 18.0 Å². The van der Waals surface area contributed by atoms with Gasteiger partial charge in [-0.2, -0.15) is 0 Å². The van der Waals surface area contributed by atoms with Gasteiger partial charge in [0.2, 0.25) is 5.91 Å². The molecular weight excluding hydrogens is 344 g/mol. The number of para-hydroxylation sites is 2. The maximum atomic E-state index is 12.6. The molecule has 138 valence electrons. The van der Waals surface area contributed by atoms with Gasteiger partial charge in [0, 0.05) is 18.1 Å². The molecule has 0 atom stereocenters. The predicted octanol–water partition coefficient (Wildman–Crippen LogP) is 3.12. The van der Waals surface area contributed by atoms with E-state index in [9.17, 15) is 14.4 Å². The van der Waals surface area contributed by atoms with Gasteiger partial charge in [-0.25, -0.2) is 4.79 Å².